The van der Waals surface area contributed by atoms with Gasteiger partial charge < -0.3 is 10.2 Å². The Kier molecular flexibility index (Phi) is 4.92. The summed E-state index contributed by atoms with van der Waals surface area (Å²) in [5.74, 6) is 2.46. The van der Waals surface area contributed by atoms with Crippen molar-refractivity contribution < 1.29 is 4.39 Å². The standard InChI is InChI=1S/C13H18FN3/c1-5-8-17(4)13-12(14)11(6-7-15-13)9-16-10(2)3/h1,6-7,10,16H,8-9H2,2-4H3. The Bertz CT molecular complexity index is 410. The van der Waals surface area contributed by atoms with E-state index in [9.17, 15) is 4.39 Å². The summed E-state index contributed by atoms with van der Waals surface area (Å²) in [5.41, 5.74) is 0.604. The van der Waals surface area contributed by atoms with E-state index in [4.69, 9.17) is 6.42 Å². The van der Waals surface area contributed by atoms with Crippen molar-refractivity contribution in [3.05, 3.63) is 23.6 Å². The molecule has 0 unspecified atom stereocenters. The summed E-state index contributed by atoms with van der Waals surface area (Å²) in [4.78, 5) is 5.63. The summed E-state index contributed by atoms with van der Waals surface area (Å²) < 4.78 is 14.1. The summed E-state index contributed by atoms with van der Waals surface area (Å²) in [5, 5.41) is 3.17. The summed E-state index contributed by atoms with van der Waals surface area (Å²) in [6.45, 7) is 4.86. The predicted molar refractivity (Wildman–Crippen MR) is 68.3 cm³/mol. The van der Waals surface area contributed by atoms with Gasteiger partial charge in [0.1, 0.15) is 0 Å². The molecule has 0 spiro atoms. The predicted octanol–water partition coefficient (Wildman–Crippen LogP) is 1.79. The zero-order valence-electron chi connectivity index (χ0n) is 10.5. The highest BCUT2D eigenvalue weighted by molar-refractivity contribution is 5.43. The molecular formula is C13H18FN3. The van der Waals surface area contributed by atoms with Crippen LogP contribution in [-0.4, -0.2) is 24.6 Å². The normalized spacial score (nSPS) is 10.4. The third kappa shape index (κ3) is 3.72. The van der Waals surface area contributed by atoms with Crippen molar-refractivity contribution in [2.75, 3.05) is 18.5 Å². The number of pyridine rings is 1. The summed E-state index contributed by atoms with van der Waals surface area (Å²) in [7, 11) is 1.73. The van der Waals surface area contributed by atoms with Crippen LogP contribution in [0.3, 0.4) is 0 Å². The second-order valence-electron chi connectivity index (χ2n) is 4.20. The molecule has 0 amide bonds. The molecule has 0 aliphatic carbocycles. The highest BCUT2D eigenvalue weighted by Gasteiger charge is 2.12. The van der Waals surface area contributed by atoms with Gasteiger partial charge in [-0.25, -0.2) is 9.37 Å². The van der Waals surface area contributed by atoms with Gasteiger partial charge in [0.25, 0.3) is 0 Å². The number of nitrogens with zero attached hydrogens (tertiary/aromatic N) is 2. The number of hydrogen-bond acceptors (Lipinski definition) is 3. The number of aromatic nitrogens is 1. The zero-order chi connectivity index (χ0) is 12.8. The molecule has 0 aromatic carbocycles. The first-order valence-corrected chi connectivity index (χ1v) is 5.57. The third-order valence-electron chi connectivity index (χ3n) is 2.34. The van der Waals surface area contributed by atoms with E-state index < -0.39 is 0 Å². The lowest BCUT2D eigenvalue weighted by molar-refractivity contribution is 0.549. The maximum absolute atomic E-state index is 14.1. The van der Waals surface area contributed by atoms with Crippen LogP contribution in [0.15, 0.2) is 12.3 Å². The highest BCUT2D eigenvalue weighted by atomic mass is 19.1. The van der Waals surface area contributed by atoms with Crippen LogP contribution in [0.1, 0.15) is 19.4 Å². The first kappa shape index (κ1) is 13.5. The topological polar surface area (TPSA) is 28.2 Å². The molecule has 0 aliphatic rings. The molecule has 1 N–H and O–H groups in total. The van der Waals surface area contributed by atoms with Gasteiger partial charge in [-0.1, -0.05) is 19.8 Å². The van der Waals surface area contributed by atoms with Crippen molar-refractivity contribution in [3.63, 3.8) is 0 Å². The van der Waals surface area contributed by atoms with Crippen LogP contribution in [0.2, 0.25) is 0 Å². The van der Waals surface area contributed by atoms with Crippen LogP contribution in [-0.2, 0) is 6.54 Å². The molecule has 1 rings (SSSR count). The molecule has 0 atom stereocenters. The minimum absolute atomic E-state index is 0.297. The van der Waals surface area contributed by atoms with Gasteiger partial charge in [0.15, 0.2) is 11.6 Å². The average molecular weight is 235 g/mol. The number of rotatable bonds is 5. The molecule has 1 aromatic rings. The summed E-state index contributed by atoms with van der Waals surface area (Å²) in [6, 6.07) is 1.99. The maximum Gasteiger partial charge on any atom is 0.170 e. The molecular weight excluding hydrogens is 217 g/mol. The molecule has 17 heavy (non-hydrogen) atoms. The molecule has 0 saturated carbocycles. The lowest BCUT2D eigenvalue weighted by Crippen LogP contribution is -2.24. The second kappa shape index (κ2) is 6.21. The quantitative estimate of drug-likeness (QED) is 0.789. The van der Waals surface area contributed by atoms with E-state index in [0.29, 0.717) is 30.5 Å². The van der Waals surface area contributed by atoms with Gasteiger partial charge in [0.05, 0.1) is 6.54 Å². The highest BCUT2D eigenvalue weighted by Crippen LogP contribution is 2.18. The van der Waals surface area contributed by atoms with E-state index in [-0.39, 0.29) is 5.82 Å². The lowest BCUT2D eigenvalue weighted by Gasteiger charge is -2.17. The van der Waals surface area contributed by atoms with E-state index in [1.807, 2.05) is 13.8 Å². The minimum Gasteiger partial charge on any atom is -0.346 e. The molecule has 1 aromatic heterocycles. The van der Waals surface area contributed by atoms with Crippen molar-refractivity contribution in [2.45, 2.75) is 26.4 Å². The largest absolute Gasteiger partial charge is 0.346 e. The van der Waals surface area contributed by atoms with Crippen LogP contribution < -0.4 is 10.2 Å². The fourth-order valence-electron chi connectivity index (χ4n) is 1.40. The van der Waals surface area contributed by atoms with E-state index >= 15 is 0 Å². The zero-order valence-corrected chi connectivity index (χ0v) is 10.5. The Morgan fingerprint density at radius 1 is 1.59 bits per heavy atom. The molecule has 0 radical (unpaired) electrons. The number of hydrogen-bond donors (Lipinski definition) is 1. The smallest absolute Gasteiger partial charge is 0.170 e. The van der Waals surface area contributed by atoms with Crippen molar-refractivity contribution >= 4 is 5.82 Å². The molecule has 1 heterocycles. The van der Waals surface area contributed by atoms with Gasteiger partial charge in [-0.2, -0.15) is 0 Å². The maximum atomic E-state index is 14.1. The van der Waals surface area contributed by atoms with Gasteiger partial charge in [-0.3, -0.25) is 0 Å². The number of nitrogens with one attached hydrogen (secondary N) is 1. The Morgan fingerprint density at radius 3 is 2.88 bits per heavy atom. The van der Waals surface area contributed by atoms with Gasteiger partial charge in [0.2, 0.25) is 0 Å². The van der Waals surface area contributed by atoms with Crippen LogP contribution in [0, 0.1) is 18.2 Å². The van der Waals surface area contributed by atoms with Crippen molar-refractivity contribution in [1.82, 2.24) is 10.3 Å². The van der Waals surface area contributed by atoms with Crippen molar-refractivity contribution in [1.29, 1.82) is 0 Å². The van der Waals surface area contributed by atoms with E-state index in [2.05, 4.69) is 16.2 Å². The lowest BCUT2D eigenvalue weighted by atomic mass is 10.2. The van der Waals surface area contributed by atoms with Gasteiger partial charge in [-0.15, -0.1) is 6.42 Å². The van der Waals surface area contributed by atoms with Crippen LogP contribution >= 0.6 is 0 Å². The van der Waals surface area contributed by atoms with Crippen LogP contribution in [0.4, 0.5) is 10.2 Å². The number of anilines is 1. The molecule has 0 saturated heterocycles. The minimum atomic E-state index is -0.307. The molecule has 92 valence electrons. The monoisotopic (exact) mass is 235 g/mol. The van der Waals surface area contributed by atoms with Crippen molar-refractivity contribution in [3.8, 4) is 12.3 Å². The molecule has 0 fully saturated rings. The second-order valence-corrected chi connectivity index (χ2v) is 4.20. The van der Waals surface area contributed by atoms with Crippen LogP contribution in [0.25, 0.3) is 0 Å². The molecule has 3 nitrogen and oxygen atoms in total. The molecule has 4 heteroatoms. The average Bonchev–Trinajstić information content (AvgIpc) is 2.27. The Balaban J connectivity index is 2.87. The molecule has 0 bridgehead atoms. The Morgan fingerprint density at radius 2 is 2.29 bits per heavy atom. The first-order chi connectivity index (χ1) is 8.06. The fraction of sp³-hybridized carbons (Fsp3) is 0.462. The Hall–Kier alpha value is -1.60. The van der Waals surface area contributed by atoms with E-state index in [1.54, 1.807) is 24.2 Å². The van der Waals surface area contributed by atoms with Gasteiger partial charge in [-0.05, 0) is 6.07 Å². The number of terminal acetylenes is 1. The summed E-state index contributed by atoms with van der Waals surface area (Å²) >= 11 is 0. The van der Waals surface area contributed by atoms with E-state index in [0.717, 1.165) is 0 Å². The fourth-order valence-corrected chi connectivity index (χ4v) is 1.40. The summed E-state index contributed by atoms with van der Waals surface area (Å²) in [6.07, 6.45) is 6.80. The SMILES string of the molecule is C#CCN(C)c1nccc(CNC(C)C)c1F. The van der Waals surface area contributed by atoms with Gasteiger partial charge in [0, 0.05) is 31.4 Å². The Labute approximate surface area is 102 Å². The van der Waals surface area contributed by atoms with E-state index in [1.165, 1.54) is 0 Å². The van der Waals surface area contributed by atoms with Crippen LogP contribution in [0.5, 0.6) is 0 Å². The number of halogens is 1. The molecule has 0 aliphatic heterocycles. The first-order valence-electron chi connectivity index (χ1n) is 5.57. The third-order valence-corrected chi connectivity index (χ3v) is 2.34. The van der Waals surface area contributed by atoms with Gasteiger partial charge >= 0.3 is 0 Å². The van der Waals surface area contributed by atoms with Crippen molar-refractivity contribution in [2.24, 2.45) is 0 Å².